The van der Waals surface area contributed by atoms with Crippen molar-refractivity contribution in [1.29, 1.82) is 0 Å². The van der Waals surface area contributed by atoms with Crippen molar-refractivity contribution in [2.24, 2.45) is 35.1 Å². The van der Waals surface area contributed by atoms with E-state index in [0.29, 0.717) is 25.7 Å². The molecule has 0 bridgehead atoms. The summed E-state index contributed by atoms with van der Waals surface area (Å²) in [6, 6.07) is -1.78. The van der Waals surface area contributed by atoms with Gasteiger partial charge in [-0.05, 0) is 39.5 Å². The monoisotopic (exact) mass is 500 g/mol. The minimum absolute atomic E-state index is 0.168. The number of urea groups is 2. The van der Waals surface area contributed by atoms with Crippen LogP contribution in [0.5, 0.6) is 0 Å². The van der Waals surface area contributed by atoms with Crippen LogP contribution in [0.25, 0.3) is 0 Å². The van der Waals surface area contributed by atoms with Gasteiger partial charge >= 0.3 is 12.1 Å². The first kappa shape index (κ1) is 25.4. The summed E-state index contributed by atoms with van der Waals surface area (Å²) < 4.78 is 0. The summed E-state index contributed by atoms with van der Waals surface area (Å²) in [7, 11) is 0. The number of fused-ring (bicyclic) bond motifs is 2. The lowest BCUT2D eigenvalue weighted by atomic mass is 9.85. The number of imide groups is 2. The lowest BCUT2D eigenvalue weighted by Crippen LogP contribution is -2.58. The Kier molecular flexibility index (Phi) is 6.87. The van der Waals surface area contributed by atoms with E-state index in [1.165, 1.54) is 13.8 Å². The summed E-state index contributed by atoms with van der Waals surface area (Å²) in [6.07, 6.45) is 7.32. The average molecular weight is 501 g/mol. The zero-order valence-corrected chi connectivity index (χ0v) is 20.4. The molecule has 8 amide bonds. The molecule has 0 aromatic carbocycles. The lowest BCUT2D eigenvalue weighted by Gasteiger charge is -2.37. The topological polar surface area (TPSA) is 167 Å². The molecular weight excluding hydrogens is 468 g/mol. The molecule has 0 saturated carbocycles. The number of primary amides is 2. The van der Waals surface area contributed by atoms with E-state index in [9.17, 15) is 28.8 Å². The molecule has 0 spiro atoms. The first-order valence-electron chi connectivity index (χ1n) is 12.2. The maximum atomic E-state index is 13.0. The molecule has 2 fully saturated rings. The SMILES string of the molecule is CC(N(CCN(C(N)=O)C(C)N1C(=O)C2CC=CCC2C1=O)C(N)=O)N1C(=O)C2CC=CCC2C1=O. The Morgan fingerprint density at radius 3 is 1.17 bits per heavy atom. The molecule has 2 aliphatic carbocycles. The predicted molar refractivity (Wildman–Crippen MR) is 126 cm³/mol. The van der Waals surface area contributed by atoms with Gasteiger partial charge in [-0.15, -0.1) is 0 Å². The van der Waals surface area contributed by atoms with Gasteiger partial charge in [0, 0.05) is 13.1 Å². The molecule has 6 unspecified atom stereocenters. The summed E-state index contributed by atoms with van der Waals surface area (Å²) in [6.45, 7) is 2.71. The number of allylic oxidation sites excluding steroid dienone is 4. The molecule has 4 rings (SSSR count). The highest BCUT2D eigenvalue weighted by Gasteiger charge is 2.51. The number of nitrogens with zero attached hydrogens (tertiary/aromatic N) is 4. The van der Waals surface area contributed by atoms with Crippen LogP contribution in [-0.4, -0.2) is 80.7 Å². The van der Waals surface area contributed by atoms with Gasteiger partial charge in [-0.1, -0.05) is 24.3 Å². The van der Waals surface area contributed by atoms with E-state index in [4.69, 9.17) is 11.5 Å². The van der Waals surface area contributed by atoms with E-state index in [0.717, 1.165) is 19.6 Å². The number of likely N-dealkylation sites (tertiary alicyclic amines) is 2. The minimum atomic E-state index is -0.984. The number of carbonyl (C=O) groups excluding carboxylic acids is 6. The molecule has 0 aromatic heterocycles. The maximum absolute atomic E-state index is 13.0. The van der Waals surface area contributed by atoms with Crippen molar-refractivity contribution < 1.29 is 28.8 Å². The van der Waals surface area contributed by atoms with Crippen molar-refractivity contribution in [3.05, 3.63) is 24.3 Å². The molecular formula is C24H32N6O6. The number of nitrogens with two attached hydrogens (primary N) is 2. The summed E-state index contributed by atoms with van der Waals surface area (Å²) >= 11 is 0. The second-order valence-electron chi connectivity index (χ2n) is 9.73. The van der Waals surface area contributed by atoms with Gasteiger partial charge < -0.3 is 21.3 Å². The normalized spacial score (nSPS) is 28.7. The van der Waals surface area contributed by atoms with Crippen molar-refractivity contribution >= 4 is 35.7 Å². The van der Waals surface area contributed by atoms with E-state index < -0.39 is 48.1 Å². The molecule has 6 atom stereocenters. The predicted octanol–water partition coefficient (Wildman–Crippen LogP) is 0.342. The molecule has 12 nitrogen and oxygen atoms in total. The molecule has 194 valence electrons. The molecule has 36 heavy (non-hydrogen) atoms. The van der Waals surface area contributed by atoms with Crippen LogP contribution in [0.3, 0.4) is 0 Å². The Bertz CT molecular complexity index is 922. The highest BCUT2D eigenvalue weighted by atomic mass is 16.2. The summed E-state index contributed by atoms with van der Waals surface area (Å²) in [4.78, 5) is 80.9. The molecule has 2 heterocycles. The third-order valence-electron chi connectivity index (χ3n) is 7.88. The van der Waals surface area contributed by atoms with E-state index in [2.05, 4.69) is 0 Å². The molecule has 4 aliphatic rings. The van der Waals surface area contributed by atoms with E-state index in [1.54, 1.807) is 0 Å². The van der Waals surface area contributed by atoms with Crippen LogP contribution >= 0.6 is 0 Å². The van der Waals surface area contributed by atoms with Gasteiger partial charge in [0.1, 0.15) is 12.3 Å². The van der Waals surface area contributed by atoms with Gasteiger partial charge in [-0.25, -0.2) is 9.59 Å². The lowest BCUT2D eigenvalue weighted by molar-refractivity contribution is -0.148. The fourth-order valence-corrected chi connectivity index (χ4v) is 5.85. The van der Waals surface area contributed by atoms with Gasteiger partial charge in [0.15, 0.2) is 0 Å². The van der Waals surface area contributed by atoms with Crippen molar-refractivity contribution in [2.75, 3.05) is 13.1 Å². The maximum Gasteiger partial charge on any atom is 0.316 e. The largest absolute Gasteiger partial charge is 0.351 e. The highest BCUT2D eigenvalue weighted by molar-refractivity contribution is 6.06. The van der Waals surface area contributed by atoms with Crippen LogP contribution < -0.4 is 11.5 Å². The van der Waals surface area contributed by atoms with Crippen LogP contribution in [0, 0.1) is 23.7 Å². The smallest absolute Gasteiger partial charge is 0.316 e. The summed E-state index contributed by atoms with van der Waals surface area (Å²) in [5.41, 5.74) is 11.2. The molecule has 12 heteroatoms. The van der Waals surface area contributed by atoms with Gasteiger partial charge in [-0.3, -0.25) is 29.0 Å². The molecule has 2 saturated heterocycles. The standard InChI is InChI=1S/C24H32N6O6/c1-13(29-19(31)15-7-3-4-8-16(15)20(29)32)27(23(25)35)11-12-28(24(26)36)14(2)30-21(33)17-9-5-6-10-18(17)22(30)34/h3-6,13-18H,7-12H2,1-2H3,(H2,25,35)(H2,26,36). The minimum Gasteiger partial charge on any atom is -0.351 e. The van der Waals surface area contributed by atoms with Crippen molar-refractivity contribution in [1.82, 2.24) is 19.6 Å². The van der Waals surface area contributed by atoms with Gasteiger partial charge in [0.25, 0.3) is 0 Å². The first-order valence-corrected chi connectivity index (χ1v) is 12.2. The average Bonchev–Trinajstić information content (AvgIpc) is 3.25. The number of carbonyl (C=O) groups is 6. The highest BCUT2D eigenvalue weighted by Crippen LogP contribution is 2.37. The molecule has 2 aliphatic heterocycles. The molecule has 0 aromatic rings. The Morgan fingerprint density at radius 2 is 0.944 bits per heavy atom. The van der Waals surface area contributed by atoms with Crippen molar-refractivity contribution in [3.8, 4) is 0 Å². The Hall–Kier alpha value is -3.70. The van der Waals surface area contributed by atoms with Gasteiger partial charge in [0.2, 0.25) is 23.6 Å². The number of rotatable bonds is 7. The second-order valence-corrected chi connectivity index (χ2v) is 9.73. The summed E-state index contributed by atoms with van der Waals surface area (Å²) in [5.74, 6) is -3.32. The van der Waals surface area contributed by atoms with Crippen molar-refractivity contribution in [2.45, 2.75) is 51.9 Å². The van der Waals surface area contributed by atoms with Crippen molar-refractivity contribution in [3.63, 3.8) is 0 Å². The Balaban J connectivity index is 1.48. The van der Waals surface area contributed by atoms with Crippen LogP contribution in [0.1, 0.15) is 39.5 Å². The van der Waals surface area contributed by atoms with E-state index in [1.807, 2.05) is 24.3 Å². The van der Waals surface area contributed by atoms with E-state index in [-0.39, 0.29) is 36.7 Å². The fourth-order valence-electron chi connectivity index (χ4n) is 5.85. The number of hydrogen-bond acceptors (Lipinski definition) is 6. The van der Waals surface area contributed by atoms with Crippen LogP contribution in [0.2, 0.25) is 0 Å². The van der Waals surface area contributed by atoms with Crippen LogP contribution in [0.4, 0.5) is 9.59 Å². The number of amides is 8. The first-order chi connectivity index (χ1) is 17.1. The zero-order chi connectivity index (χ0) is 26.3. The summed E-state index contributed by atoms with van der Waals surface area (Å²) in [5, 5.41) is 0. The Morgan fingerprint density at radius 1 is 0.694 bits per heavy atom. The number of hydrogen-bond donors (Lipinski definition) is 2. The second kappa shape index (κ2) is 9.75. The van der Waals surface area contributed by atoms with Gasteiger partial charge in [-0.2, -0.15) is 0 Å². The third-order valence-corrected chi connectivity index (χ3v) is 7.88. The van der Waals surface area contributed by atoms with Crippen LogP contribution in [-0.2, 0) is 19.2 Å². The van der Waals surface area contributed by atoms with Crippen LogP contribution in [0.15, 0.2) is 24.3 Å². The molecule has 4 N–H and O–H groups in total. The third kappa shape index (κ3) is 4.14. The molecule has 0 radical (unpaired) electrons. The van der Waals surface area contributed by atoms with E-state index >= 15 is 0 Å². The van der Waals surface area contributed by atoms with Gasteiger partial charge in [0.05, 0.1) is 23.7 Å². The Labute approximate surface area is 208 Å². The quantitative estimate of drug-likeness (QED) is 0.377. The zero-order valence-electron chi connectivity index (χ0n) is 20.4. The fraction of sp³-hybridized carbons (Fsp3) is 0.583.